The number of allylic oxidation sites excluding steroid dienone is 4. The van der Waals surface area contributed by atoms with E-state index in [0.717, 1.165) is 12.8 Å². The molecular formula is C43H52Cl2Zr. The van der Waals surface area contributed by atoms with Crippen molar-refractivity contribution in [2.75, 3.05) is 0 Å². The van der Waals surface area contributed by atoms with Crippen LogP contribution >= 0.6 is 24.8 Å². The summed E-state index contributed by atoms with van der Waals surface area (Å²) < 4.78 is 11.6. The third kappa shape index (κ3) is 5.74. The first-order valence-corrected chi connectivity index (χ1v) is 23.1. The molecule has 6 rings (SSSR count). The van der Waals surface area contributed by atoms with Gasteiger partial charge in [-0.3, -0.25) is 0 Å². The first-order chi connectivity index (χ1) is 20.5. The van der Waals surface area contributed by atoms with Crippen LogP contribution in [0.15, 0.2) is 106 Å². The summed E-state index contributed by atoms with van der Waals surface area (Å²) in [7, 11) is 0. The van der Waals surface area contributed by atoms with Crippen LogP contribution in [0.5, 0.6) is 0 Å². The molecule has 0 nitrogen and oxygen atoms in total. The van der Waals surface area contributed by atoms with Gasteiger partial charge in [0.2, 0.25) is 0 Å². The summed E-state index contributed by atoms with van der Waals surface area (Å²) in [5.41, 5.74) is 10.1. The molecule has 0 fully saturated rings. The van der Waals surface area contributed by atoms with E-state index in [-0.39, 0.29) is 41.1 Å². The number of rotatable bonds is 4. The Morgan fingerprint density at radius 3 is 1.67 bits per heavy atom. The van der Waals surface area contributed by atoms with Crippen LogP contribution in [0.1, 0.15) is 96.6 Å². The van der Waals surface area contributed by atoms with Gasteiger partial charge in [-0.15, -0.1) is 24.8 Å². The minimum atomic E-state index is -4.77. The van der Waals surface area contributed by atoms with Gasteiger partial charge in [0.05, 0.1) is 0 Å². The van der Waals surface area contributed by atoms with Gasteiger partial charge in [0.25, 0.3) is 0 Å². The monoisotopic (exact) mass is 728 g/mol. The summed E-state index contributed by atoms with van der Waals surface area (Å²) >= 11 is -4.77. The maximum absolute atomic E-state index is 5.71. The molecule has 4 aromatic carbocycles. The van der Waals surface area contributed by atoms with E-state index in [2.05, 4.69) is 165 Å². The Kier molecular flexibility index (Phi) is 9.76. The van der Waals surface area contributed by atoms with E-state index in [4.69, 9.17) is 4.21 Å². The Bertz CT molecular complexity index is 1890. The topological polar surface area (TPSA) is 0 Å². The van der Waals surface area contributed by atoms with E-state index < -0.39 is 18.3 Å². The van der Waals surface area contributed by atoms with Gasteiger partial charge in [0.1, 0.15) is 0 Å². The Balaban J connectivity index is 0.00000240. The molecule has 0 aromatic heterocycles. The predicted octanol–water partition coefficient (Wildman–Crippen LogP) is 10.2. The average molecular weight is 731 g/mol. The number of hydrogen-bond acceptors (Lipinski definition) is 0. The van der Waals surface area contributed by atoms with Crippen LogP contribution in [0, 0.1) is 0 Å². The Morgan fingerprint density at radius 1 is 0.587 bits per heavy atom. The predicted molar refractivity (Wildman–Crippen MR) is 206 cm³/mol. The second-order valence-electron chi connectivity index (χ2n) is 16.6. The van der Waals surface area contributed by atoms with Crippen LogP contribution < -0.4 is 9.81 Å². The standard InChI is InChI=1S/C21H25.C10H13.C6H5.C5H5.CH2.2ClH.Zr/c1-20(2,3)16-9-7-14-11-15-8-10-17(21(4,5)6)13-19(15)18(14)12-16;1-10(2,3)9-7-5-4-6-8-9;1-2-4-6-5-3-1;1-2-4-5-3-1;;;;/h7,9-10,12-13H,11H2,1-6H3;5-8H,1-3H3;1-5H;1-3H,4H2;1H2;2*1H;. The van der Waals surface area contributed by atoms with Crippen LogP contribution in [0.2, 0.25) is 0 Å². The Hall–Kier alpha value is -2.31. The summed E-state index contributed by atoms with van der Waals surface area (Å²) in [5.74, 6) is 0. The zero-order valence-electron chi connectivity index (χ0n) is 29.3. The molecular weight excluding hydrogens is 679 g/mol. The van der Waals surface area contributed by atoms with Gasteiger partial charge in [-0.2, -0.15) is 0 Å². The van der Waals surface area contributed by atoms with Crippen molar-refractivity contribution in [3.8, 4) is 11.1 Å². The summed E-state index contributed by atoms with van der Waals surface area (Å²) in [4.78, 5) is 0. The first kappa shape index (κ1) is 36.5. The molecule has 0 amide bonds. The summed E-state index contributed by atoms with van der Waals surface area (Å²) in [6.45, 7) is 21.0. The SMILES string of the molecule is Cl.Cl.[CH2]=[Zr]([C]1=CC=CC1)([c]1ccccc1)([c]1ccc(C(C)(C)C)cc1)[c]1cc(C(C)(C)C)cc2c1Cc1ccc(C(C)(C)C)cc1-2. The molecule has 0 unspecified atom stereocenters. The second kappa shape index (κ2) is 12.3. The van der Waals surface area contributed by atoms with Crippen LogP contribution in [0.4, 0.5) is 0 Å². The van der Waals surface area contributed by atoms with E-state index >= 15 is 0 Å². The fraction of sp³-hybridized carbons (Fsp3) is 0.326. The van der Waals surface area contributed by atoms with Gasteiger partial charge >= 0.3 is 269 Å². The summed E-state index contributed by atoms with van der Waals surface area (Å²) in [6.07, 6.45) is 8.97. The van der Waals surface area contributed by atoms with Crippen molar-refractivity contribution >= 4 is 38.8 Å². The fourth-order valence-electron chi connectivity index (χ4n) is 7.69. The number of fused-ring (bicyclic) bond motifs is 3. The van der Waals surface area contributed by atoms with Crippen molar-refractivity contribution in [3.05, 3.63) is 134 Å². The van der Waals surface area contributed by atoms with Gasteiger partial charge in [-0.25, -0.2) is 0 Å². The van der Waals surface area contributed by atoms with Crippen molar-refractivity contribution in [3.63, 3.8) is 0 Å². The van der Waals surface area contributed by atoms with Gasteiger partial charge in [-0.05, 0) is 0 Å². The molecule has 0 bridgehead atoms. The molecule has 4 aromatic rings. The van der Waals surface area contributed by atoms with E-state index in [1.54, 1.807) is 0 Å². The first-order valence-electron chi connectivity index (χ1n) is 16.4. The van der Waals surface area contributed by atoms with Crippen molar-refractivity contribution in [1.29, 1.82) is 0 Å². The van der Waals surface area contributed by atoms with Crippen molar-refractivity contribution in [2.24, 2.45) is 0 Å². The van der Waals surface area contributed by atoms with E-state index in [1.165, 1.54) is 52.0 Å². The van der Waals surface area contributed by atoms with Crippen LogP contribution in [-0.2, 0) is 41.0 Å². The molecule has 0 saturated heterocycles. The van der Waals surface area contributed by atoms with Crippen molar-refractivity contribution in [1.82, 2.24) is 0 Å². The van der Waals surface area contributed by atoms with Gasteiger partial charge in [0.15, 0.2) is 0 Å². The molecule has 2 aliphatic rings. The van der Waals surface area contributed by atoms with E-state index in [9.17, 15) is 0 Å². The van der Waals surface area contributed by atoms with Gasteiger partial charge < -0.3 is 0 Å². The van der Waals surface area contributed by atoms with Crippen LogP contribution in [-0.4, -0.2) is 4.21 Å². The average Bonchev–Trinajstić information content (AvgIpc) is 3.64. The number of hydrogen-bond donors (Lipinski definition) is 0. The van der Waals surface area contributed by atoms with Crippen molar-refractivity contribution in [2.45, 2.75) is 91.4 Å². The summed E-state index contributed by atoms with van der Waals surface area (Å²) in [6, 6.07) is 33.5. The number of benzene rings is 4. The molecule has 242 valence electrons. The van der Waals surface area contributed by atoms with E-state index in [0.29, 0.717) is 0 Å². The molecule has 0 heterocycles. The molecule has 0 N–H and O–H groups in total. The maximum atomic E-state index is 5.71. The summed E-state index contributed by atoms with van der Waals surface area (Å²) in [5, 5.41) is 0. The van der Waals surface area contributed by atoms with E-state index in [1.807, 2.05) is 0 Å². The van der Waals surface area contributed by atoms with Crippen molar-refractivity contribution < 1.29 is 18.3 Å². The van der Waals surface area contributed by atoms with Gasteiger partial charge in [-0.1, -0.05) is 0 Å². The molecule has 0 atom stereocenters. The molecule has 0 radical (unpaired) electrons. The zero-order chi connectivity index (χ0) is 31.7. The third-order valence-electron chi connectivity index (χ3n) is 10.6. The fourth-order valence-corrected chi connectivity index (χ4v) is 23.1. The normalized spacial score (nSPS) is 14.6. The van der Waals surface area contributed by atoms with Gasteiger partial charge in [0, 0.05) is 0 Å². The Labute approximate surface area is 291 Å². The minimum absolute atomic E-state index is 0. The quantitative estimate of drug-likeness (QED) is 0.173. The molecule has 0 spiro atoms. The molecule has 3 heteroatoms. The molecule has 0 aliphatic heterocycles. The van der Waals surface area contributed by atoms with Crippen LogP contribution in [0.25, 0.3) is 11.1 Å². The Morgan fingerprint density at radius 2 is 1.13 bits per heavy atom. The molecule has 46 heavy (non-hydrogen) atoms. The zero-order valence-corrected chi connectivity index (χ0v) is 33.3. The molecule has 0 saturated carbocycles. The number of halogens is 2. The molecule has 2 aliphatic carbocycles. The second-order valence-corrected chi connectivity index (χ2v) is 29.5. The van der Waals surface area contributed by atoms with Crippen LogP contribution in [0.3, 0.4) is 0 Å². The third-order valence-corrected chi connectivity index (χ3v) is 26.9.